The summed E-state index contributed by atoms with van der Waals surface area (Å²) in [5.74, 6) is -1.89. The summed E-state index contributed by atoms with van der Waals surface area (Å²) < 4.78 is 79.3. The molecule has 1 fully saturated rings. The van der Waals surface area contributed by atoms with Gasteiger partial charge in [-0.15, -0.1) is 0 Å². The van der Waals surface area contributed by atoms with Gasteiger partial charge in [0.1, 0.15) is 5.82 Å². The predicted octanol–water partition coefficient (Wildman–Crippen LogP) is 2.63. The Bertz CT molecular complexity index is 1140. The molecule has 0 radical (unpaired) electrons. The van der Waals surface area contributed by atoms with Gasteiger partial charge < -0.3 is 10.2 Å². The van der Waals surface area contributed by atoms with E-state index in [0.717, 1.165) is 12.1 Å². The van der Waals surface area contributed by atoms with Gasteiger partial charge in [0.2, 0.25) is 15.9 Å². The third kappa shape index (κ3) is 5.69. The number of amides is 2. The first-order valence-corrected chi connectivity index (χ1v) is 11.3. The lowest BCUT2D eigenvalue weighted by molar-refractivity contribution is -0.138. The van der Waals surface area contributed by atoms with Crippen LogP contribution >= 0.6 is 0 Å². The maximum absolute atomic E-state index is 13.2. The lowest BCUT2D eigenvalue weighted by atomic mass is 10.1. The molecule has 1 aliphatic heterocycles. The minimum Gasteiger partial charge on any atom is -0.348 e. The summed E-state index contributed by atoms with van der Waals surface area (Å²) in [4.78, 5) is 25.2. The van der Waals surface area contributed by atoms with Crippen LogP contribution in [-0.4, -0.2) is 55.6 Å². The molecule has 178 valence electrons. The van der Waals surface area contributed by atoms with E-state index < -0.39 is 40.0 Å². The van der Waals surface area contributed by atoms with Crippen molar-refractivity contribution in [2.24, 2.45) is 0 Å². The van der Waals surface area contributed by atoms with E-state index in [9.17, 15) is 35.6 Å². The smallest absolute Gasteiger partial charge is 0.348 e. The normalized spacial score (nSPS) is 15.4. The second-order valence-corrected chi connectivity index (χ2v) is 9.35. The molecule has 2 aromatic carbocycles. The number of rotatable bonds is 5. The first-order chi connectivity index (χ1) is 15.4. The monoisotopic (exact) mass is 487 g/mol. The Labute approximate surface area is 188 Å². The quantitative estimate of drug-likeness (QED) is 0.657. The highest BCUT2D eigenvalue weighted by Crippen LogP contribution is 2.32. The number of halogens is 4. The van der Waals surface area contributed by atoms with Gasteiger partial charge in [0.05, 0.1) is 10.5 Å². The van der Waals surface area contributed by atoms with Crippen molar-refractivity contribution in [3.8, 4) is 0 Å². The Kier molecular flexibility index (Phi) is 7.08. The van der Waals surface area contributed by atoms with Crippen LogP contribution in [0.1, 0.15) is 28.4 Å². The third-order valence-corrected chi connectivity index (χ3v) is 7.17. The number of sulfonamides is 1. The molecule has 0 aliphatic carbocycles. The van der Waals surface area contributed by atoms with E-state index in [-0.39, 0.29) is 48.1 Å². The van der Waals surface area contributed by atoms with Gasteiger partial charge in [-0.25, -0.2) is 12.8 Å². The Hall–Kier alpha value is -2.99. The fourth-order valence-electron chi connectivity index (χ4n) is 3.41. The molecule has 0 aromatic heterocycles. The van der Waals surface area contributed by atoms with Crippen LogP contribution in [0.15, 0.2) is 47.4 Å². The van der Waals surface area contributed by atoms with E-state index in [2.05, 4.69) is 5.32 Å². The van der Waals surface area contributed by atoms with Crippen molar-refractivity contribution in [3.05, 3.63) is 65.0 Å². The molecule has 2 aromatic rings. The summed E-state index contributed by atoms with van der Waals surface area (Å²) in [5.41, 5.74) is -1.44. The summed E-state index contributed by atoms with van der Waals surface area (Å²) in [7, 11) is -3.83. The standard InChI is InChI=1S/C21H21F4N3O4S/c1-14(29)27-8-10-28(11-9-27)33(31,32)18-6-3-15(4-7-18)20(30)26-13-16-2-5-17(22)12-19(16)21(23,24)25/h2-7,12H,8-11,13H2,1H3,(H,26,30). The fourth-order valence-corrected chi connectivity index (χ4v) is 4.84. The van der Waals surface area contributed by atoms with Gasteiger partial charge in [-0.2, -0.15) is 17.5 Å². The molecule has 0 bridgehead atoms. The summed E-state index contributed by atoms with van der Waals surface area (Å²) in [6.07, 6.45) is -4.78. The van der Waals surface area contributed by atoms with E-state index in [1.165, 1.54) is 35.5 Å². The Morgan fingerprint density at radius 3 is 2.15 bits per heavy atom. The Balaban J connectivity index is 1.67. The van der Waals surface area contributed by atoms with Crippen molar-refractivity contribution < 1.29 is 35.6 Å². The minimum atomic E-state index is -4.78. The molecular weight excluding hydrogens is 466 g/mol. The molecule has 12 heteroatoms. The van der Waals surface area contributed by atoms with Gasteiger partial charge in [0, 0.05) is 45.2 Å². The van der Waals surface area contributed by atoms with Crippen molar-refractivity contribution in [1.82, 2.24) is 14.5 Å². The highest BCUT2D eigenvalue weighted by Gasteiger charge is 2.34. The van der Waals surface area contributed by atoms with E-state index in [0.29, 0.717) is 6.07 Å². The second-order valence-electron chi connectivity index (χ2n) is 7.42. The number of hydrogen-bond donors (Lipinski definition) is 1. The molecule has 0 unspecified atom stereocenters. The van der Waals surface area contributed by atoms with E-state index >= 15 is 0 Å². The predicted molar refractivity (Wildman–Crippen MR) is 110 cm³/mol. The molecule has 33 heavy (non-hydrogen) atoms. The SMILES string of the molecule is CC(=O)N1CCN(S(=O)(=O)c2ccc(C(=O)NCc3ccc(F)cc3C(F)(F)F)cc2)CC1. The van der Waals surface area contributed by atoms with Crippen LogP contribution in [0.3, 0.4) is 0 Å². The van der Waals surface area contributed by atoms with Crippen molar-refractivity contribution in [3.63, 3.8) is 0 Å². The van der Waals surface area contributed by atoms with Crippen molar-refractivity contribution in [2.45, 2.75) is 24.5 Å². The van der Waals surface area contributed by atoms with Crippen LogP contribution < -0.4 is 5.32 Å². The third-order valence-electron chi connectivity index (χ3n) is 5.25. The number of alkyl halides is 3. The van der Waals surface area contributed by atoms with Gasteiger partial charge in [-0.3, -0.25) is 9.59 Å². The summed E-state index contributed by atoms with van der Waals surface area (Å²) in [6.45, 7) is 1.76. The van der Waals surface area contributed by atoms with Gasteiger partial charge >= 0.3 is 6.18 Å². The first-order valence-electron chi connectivity index (χ1n) is 9.89. The average molecular weight is 487 g/mol. The largest absolute Gasteiger partial charge is 0.416 e. The highest BCUT2D eigenvalue weighted by molar-refractivity contribution is 7.89. The molecule has 2 amide bonds. The maximum atomic E-state index is 13.2. The molecular formula is C21H21F4N3O4S. The Morgan fingerprint density at radius 2 is 1.61 bits per heavy atom. The van der Waals surface area contributed by atoms with Crippen molar-refractivity contribution >= 4 is 21.8 Å². The zero-order valence-electron chi connectivity index (χ0n) is 17.5. The molecule has 1 aliphatic rings. The van der Waals surface area contributed by atoms with Crippen molar-refractivity contribution in [2.75, 3.05) is 26.2 Å². The zero-order chi connectivity index (χ0) is 24.4. The molecule has 7 nitrogen and oxygen atoms in total. The number of nitrogens with one attached hydrogen (secondary N) is 1. The first kappa shape index (κ1) is 24.6. The van der Waals surface area contributed by atoms with Gasteiger partial charge in [-0.1, -0.05) is 6.07 Å². The molecule has 3 rings (SSSR count). The average Bonchev–Trinajstić information content (AvgIpc) is 2.77. The molecule has 0 saturated carbocycles. The minimum absolute atomic E-state index is 0.0472. The summed E-state index contributed by atoms with van der Waals surface area (Å²) in [6, 6.07) is 7.15. The van der Waals surface area contributed by atoms with E-state index in [4.69, 9.17) is 0 Å². The van der Waals surface area contributed by atoms with Gasteiger partial charge in [-0.05, 0) is 42.0 Å². The van der Waals surface area contributed by atoms with Crippen LogP contribution in [0.5, 0.6) is 0 Å². The molecule has 1 heterocycles. The number of carbonyl (C=O) groups excluding carboxylic acids is 2. The molecule has 0 atom stereocenters. The number of benzene rings is 2. The number of piperazine rings is 1. The summed E-state index contributed by atoms with van der Waals surface area (Å²) >= 11 is 0. The maximum Gasteiger partial charge on any atom is 0.416 e. The van der Waals surface area contributed by atoms with Crippen LogP contribution in [0.4, 0.5) is 17.6 Å². The van der Waals surface area contributed by atoms with Crippen LogP contribution in [0.2, 0.25) is 0 Å². The van der Waals surface area contributed by atoms with Gasteiger partial charge in [0.15, 0.2) is 0 Å². The van der Waals surface area contributed by atoms with Crippen LogP contribution in [0.25, 0.3) is 0 Å². The number of hydrogen-bond acceptors (Lipinski definition) is 4. The Morgan fingerprint density at radius 1 is 1.00 bits per heavy atom. The molecule has 0 spiro atoms. The molecule has 1 saturated heterocycles. The lowest BCUT2D eigenvalue weighted by Gasteiger charge is -2.33. The van der Waals surface area contributed by atoms with E-state index in [1.54, 1.807) is 4.90 Å². The summed E-state index contributed by atoms with van der Waals surface area (Å²) in [5, 5.41) is 2.33. The van der Waals surface area contributed by atoms with Crippen LogP contribution in [0, 0.1) is 5.82 Å². The molecule has 1 N–H and O–H groups in total. The highest BCUT2D eigenvalue weighted by atomic mass is 32.2. The number of nitrogens with zero attached hydrogens (tertiary/aromatic N) is 2. The van der Waals surface area contributed by atoms with Gasteiger partial charge in [0.25, 0.3) is 5.91 Å². The topological polar surface area (TPSA) is 86.8 Å². The lowest BCUT2D eigenvalue weighted by Crippen LogP contribution is -2.49. The van der Waals surface area contributed by atoms with E-state index in [1.807, 2.05) is 0 Å². The van der Waals surface area contributed by atoms with Crippen LogP contribution in [-0.2, 0) is 27.5 Å². The fraction of sp³-hybridized carbons (Fsp3) is 0.333. The van der Waals surface area contributed by atoms with Crippen molar-refractivity contribution in [1.29, 1.82) is 0 Å². The second kappa shape index (κ2) is 9.48. The number of carbonyl (C=O) groups is 2. The zero-order valence-corrected chi connectivity index (χ0v) is 18.3.